The number of ether oxygens (including phenoxy) is 2. The highest BCUT2D eigenvalue weighted by molar-refractivity contribution is 7.80. The molecule has 0 saturated heterocycles. The molecule has 1 aliphatic rings. The zero-order valence-corrected chi connectivity index (χ0v) is 20.8. The predicted octanol–water partition coefficient (Wildman–Crippen LogP) is 6.19. The summed E-state index contributed by atoms with van der Waals surface area (Å²) in [7, 11) is 0. The molecule has 0 spiro atoms. The van der Waals surface area contributed by atoms with E-state index in [9.17, 15) is 0 Å². The molecule has 5 nitrogen and oxygen atoms in total. The van der Waals surface area contributed by atoms with Gasteiger partial charge in [0, 0.05) is 6.54 Å². The van der Waals surface area contributed by atoms with Crippen LogP contribution in [0.3, 0.4) is 0 Å². The summed E-state index contributed by atoms with van der Waals surface area (Å²) in [5.74, 6) is 2.38. The molecule has 0 atom stereocenters. The van der Waals surface area contributed by atoms with Crippen molar-refractivity contribution in [2.45, 2.75) is 44.6 Å². The van der Waals surface area contributed by atoms with Gasteiger partial charge in [-0.1, -0.05) is 73.9 Å². The van der Waals surface area contributed by atoms with Crippen LogP contribution in [0, 0.1) is 0 Å². The summed E-state index contributed by atoms with van der Waals surface area (Å²) in [6.07, 6.45) is 8.42. The van der Waals surface area contributed by atoms with E-state index in [0.29, 0.717) is 30.8 Å². The Labute approximate surface area is 213 Å². The molecule has 6 heteroatoms. The summed E-state index contributed by atoms with van der Waals surface area (Å²) in [5.41, 5.74) is 6.36. The van der Waals surface area contributed by atoms with Gasteiger partial charge >= 0.3 is 0 Å². The van der Waals surface area contributed by atoms with Gasteiger partial charge in [-0.25, -0.2) is 0 Å². The second-order valence-electron chi connectivity index (χ2n) is 8.71. The summed E-state index contributed by atoms with van der Waals surface area (Å²) in [5, 5.41) is 7.82. The summed E-state index contributed by atoms with van der Waals surface area (Å²) in [6.45, 7) is 1.61. The molecule has 182 valence electrons. The van der Waals surface area contributed by atoms with Crippen molar-refractivity contribution < 1.29 is 9.47 Å². The van der Waals surface area contributed by atoms with Gasteiger partial charge in [0.25, 0.3) is 0 Å². The van der Waals surface area contributed by atoms with Gasteiger partial charge in [-0.2, -0.15) is 5.10 Å². The maximum Gasteiger partial charge on any atom is 0.187 e. The van der Waals surface area contributed by atoms with Crippen LogP contribution in [-0.2, 0) is 6.54 Å². The van der Waals surface area contributed by atoms with Crippen molar-refractivity contribution in [1.82, 2.24) is 10.7 Å². The maximum absolute atomic E-state index is 5.86. The number of benzene rings is 3. The number of thiocarbonyl (C=S) groups is 1. The van der Waals surface area contributed by atoms with E-state index >= 15 is 0 Å². The van der Waals surface area contributed by atoms with Gasteiger partial charge in [0.1, 0.15) is 24.7 Å². The van der Waals surface area contributed by atoms with E-state index in [1.807, 2.05) is 54.6 Å². The van der Waals surface area contributed by atoms with Crippen LogP contribution < -0.4 is 20.2 Å². The quantitative estimate of drug-likeness (QED) is 0.155. The first kappa shape index (κ1) is 24.7. The molecule has 35 heavy (non-hydrogen) atoms. The molecule has 1 aliphatic carbocycles. The van der Waals surface area contributed by atoms with E-state index in [0.717, 1.165) is 22.6 Å². The lowest BCUT2D eigenvalue weighted by molar-refractivity contribution is 0.217. The molecule has 0 amide bonds. The smallest absolute Gasteiger partial charge is 0.187 e. The van der Waals surface area contributed by atoms with Crippen molar-refractivity contribution in [3.05, 3.63) is 95.6 Å². The highest BCUT2D eigenvalue weighted by atomic mass is 32.1. The van der Waals surface area contributed by atoms with Crippen LogP contribution in [0.2, 0.25) is 0 Å². The summed E-state index contributed by atoms with van der Waals surface area (Å²) in [6, 6.07) is 26.4. The van der Waals surface area contributed by atoms with Crippen LogP contribution in [0.4, 0.5) is 0 Å². The summed E-state index contributed by atoms with van der Waals surface area (Å²) >= 11 is 5.27. The van der Waals surface area contributed by atoms with Crippen LogP contribution in [0.25, 0.3) is 0 Å². The fourth-order valence-electron chi connectivity index (χ4n) is 4.26. The molecule has 0 aromatic heterocycles. The molecule has 0 bridgehead atoms. The lowest BCUT2D eigenvalue weighted by Gasteiger charge is -2.22. The van der Waals surface area contributed by atoms with E-state index in [1.165, 1.54) is 37.7 Å². The Bertz CT molecular complexity index is 1080. The van der Waals surface area contributed by atoms with Gasteiger partial charge in [-0.05, 0) is 71.9 Å². The predicted molar refractivity (Wildman–Crippen MR) is 146 cm³/mol. The molecule has 3 aromatic carbocycles. The van der Waals surface area contributed by atoms with Crippen molar-refractivity contribution in [1.29, 1.82) is 0 Å². The topological polar surface area (TPSA) is 54.9 Å². The monoisotopic (exact) mass is 487 g/mol. The van der Waals surface area contributed by atoms with Crippen molar-refractivity contribution >= 4 is 23.5 Å². The normalized spacial score (nSPS) is 13.9. The van der Waals surface area contributed by atoms with E-state index in [1.54, 1.807) is 6.21 Å². The van der Waals surface area contributed by atoms with Crippen molar-refractivity contribution in [2.24, 2.45) is 5.10 Å². The van der Waals surface area contributed by atoms with Crippen molar-refractivity contribution in [3.63, 3.8) is 0 Å². The molecular formula is C29H33N3O2S. The third-order valence-electron chi connectivity index (χ3n) is 6.11. The number of nitrogens with zero attached hydrogens (tertiary/aromatic N) is 1. The third kappa shape index (κ3) is 8.41. The number of hydrazone groups is 1. The highest BCUT2D eigenvalue weighted by Gasteiger charge is 2.15. The standard InChI is InChI=1S/C29H33N3O2S/c35-29(30-21-23-8-3-1-4-9-23)32-31-22-24-10-7-13-28(20-24)34-19-18-33-27-16-14-26(15-17-27)25-11-5-2-6-12-25/h1,3-4,7-10,13-17,20,22,25H,2,5-6,11-12,18-19,21H2,(H2,30,32,35)/b31-22-. The fraction of sp³-hybridized carbons (Fsp3) is 0.310. The van der Waals surface area contributed by atoms with Gasteiger partial charge in [-0.3, -0.25) is 5.43 Å². The largest absolute Gasteiger partial charge is 0.490 e. The molecule has 1 fully saturated rings. The van der Waals surface area contributed by atoms with Gasteiger partial charge < -0.3 is 14.8 Å². The lowest BCUT2D eigenvalue weighted by Crippen LogP contribution is -2.31. The van der Waals surface area contributed by atoms with Crippen LogP contribution in [0.1, 0.15) is 54.7 Å². The fourth-order valence-corrected chi connectivity index (χ4v) is 4.38. The molecule has 0 radical (unpaired) electrons. The number of hydrogen-bond donors (Lipinski definition) is 2. The minimum Gasteiger partial charge on any atom is -0.490 e. The SMILES string of the molecule is S=C(NCc1ccccc1)N/N=C\c1cccc(OCCOc2ccc(C3CCCCC3)cc2)c1. The molecule has 2 N–H and O–H groups in total. The van der Waals surface area contributed by atoms with Crippen molar-refractivity contribution in [3.8, 4) is 11.5 Å². The third-order valence-corrected chi connectivity index (χ3v) is 6.35. The minimum atomic E-state index is 0.469. The molecule has 3 aromatic rings. The van der Waals surface area contributed by atoms with E-state index in [4.69, 9.17) is 21.7 Å². The Morgan fingerprint density at radius 2 is 1.60 bits per heavy atom. The number of hydrogen-bond acceptors (Lipinski definition) is 4. The number of nitrogens with one attached hydrogen (secondary N) is 2. The Morgan fingerprint density at radius 1 is 0.857 bits per heavy atom. The number of rotatable bonds is 10. The maximum atomic E-state index is 5.86. The van der Waals surface area contributed by atoms with Gasteiger partial charge in [-0.15, -0.1) is 0 Å². The Balaban J connectivity index is 1.15. The second-order valence-corrected chi connectivity index (χ2v) is 9.12. The molecule has 4 rings (SSSR count). The first-order valence-corrected chi connectivity index (χ1v) is 12.7. The van der Waals surface area contributed by atoms with Crippen LogP contribution in [0.15, 0.2) is 84.0 Å². The Morgan fingerprint density at radius 3 is 2.37 bits per heavy atom. The van der Waals surface area contributed by atoms with E-state index in [2.05, 4.69) is 40.1 Å². The van der Waals surface area contributed by atoms with Gasteiger partial charge in [0.15, 0.2) is 5.11 Å². The molecule has 0 aliphatic heterocycles. The summed E-state index contributed by atoms with van der Waals surface area (Å²) < 4.78 is 11.7. The Kier molecular flexibility index (Phi) is 9.54. The van der Waals surface area contributed by atoms with Crippen LogP contribution >= 0.6 is 12.2 Å². The first-order valence-electron chi connectivity index (χ1n) is 12.3. The van der Waals surface area contributed by atoms with E-state index < -0.39 is 0 Å². The molecule has 1 saturated carbocycles. The summed E-state index contributed by atoms with van der Waals surface area (Å²) in [4.78, 5) is 0. The van der Waals surface area contributed by atoms with Crippen molar-refractivity contribution in [2.75, 3.05) is 13.2 Å². The first-order chi connectivity index (χ1) is 17.3. The van der Waals surface area contributed by atoms with E-state index in [-0.39, 0.29) is 0 Å². The van der Waals surface area contributed by atoms with Crippen LogP contribution in [0.5, 0.6) is 11.5 Å². The second kappa shape index (κ2) is 13.5. The van der Waals surface area contributed by atoms with Crippen LogP contribution in [-0.4, -0.2) is 24.5 Å². The average molecular weight is 488 g/mol. The average Bonchev–Trinajstić information content (AvgIpc) is 2.92. The highest BCUT2D eigenvalue weighted by Crippen LogP contribution is 2.33. The van der Waals surface area contributed by atoms with Gasteiger partial charge in [0.2, 0.25) is 0 Å². The zero-order valence-electron chi connectivity index (χ0n) is 20.0. The molecule has 0 heterocycles. The van der Waals surface area contributed by atoms with Gasteiger partial charge in [0.05, 0.1) is 6.21 Å². The minimum absolute atomic E-state index is 0.469. The Hall–Kier alpha value is -3.38. The molecule has 0 unspecified atom stereocenters. The zero-order chi connectivity index (χ0) is 24.1. The lowest BCUT2D eigenvalue weighted by atomic mass is 9.84. The molecular weight excluding hydrogens is 454 g/mol.